The first-order chi connectivity index (χ1) is 11.5. The fourth-order valence-electron chi connectivity index (χ4n) is 2.78. The van der Waals surface area contributed by atoms with E-state index in [-0.39, 0.29) is 11.6 Å². The summed E-state index contributed by atoms with van der Waals surface area (Å²) in [6.07, 6.45) is 0. The maximum absolute atomic E-state index is 12.7. The van der Waals surface area contributed by atoms with E-state index >= 15 is 0 Å². The van der Waals surface area contributed by atoms with E-state index in [1.165, 1.54) is 11.3 Å². The van der Waals surface area contributed by atoms with Crippen LogP contribution in [0.1, 0.15) is 25.6 Å². The number of thiophene rings is 1. The zero-order chi connectivity index (χ0) is 18.6. The van der Waals surface area contributed by atoms with Gasteiger partial charge in [0, 0.05) is 9.90 Å². The van der Waals surface area contributed by atoms with Gasteiger partial charge in [-0.2, -0.15) is 0 Å². The minimum Gasteiger partial charge on any atom is -0.386 e. The smallest absolute Gasteiger partial charge is 0.165 e. The molecule has 0 amide bonds. The van der Waals surface area contributed by atoms with Gasteiger partial charge in [0.05, 0.1) is 15.7 Å². The normalized spacial score (nSPS) is 24.8. The number of sulfone groups is 1. The first-order valence-electron chi connectivity index (χ1n) is 7.60. The van der Waals surface area contributed by atoms with Crippen LogP contribution in [0.15, 0.2) is 35.3 Å². The van der Waals surface area contributed by atoms with Crippen molar-refractivity contribution in [3.8, 4) is 10.4 Å². The lowest BCUT2D eigenvalue weighted by Crippen LogP contribution is -2.54. The van der Waals surface area contributed by atoms with Gasteiger partial charge in [-0.1, -0.05) is 35.3 Å². The Hall–Kier alpha value is -1.08. The van der Waals surface area contributed by atoms with Crippen molar-refractivity contribution in [3.63, 3.8) is 0 Å². The number of nitrogens with zero attached hydrogens (tertiary/aromatic N) is 1. The van der Waals surface area contributed by atoms with Gasteiger partial charge in [-0.05, 0) is 44.5 Å². The Morgan fingerprint density at radius 1 is 1.20 bits per heavy atom. The third-order valence-corrected chi connectivity index (χ3v) is 9.31. The maximum Gasteiger partial charge on any atom is 0.165 e. The first-order valence-corrected chi connectivity index (χ1v) is 10.8. The highest BCUT2D eigenvalue weighted by atomic mass is 35.5. The summed E-state index contributed by atoms with van der Waals surface area (Å²) in [6.45, 7) is 4.91. The SMILES string of the molecule is CC1(c2sc(-c3cccc(Cl)c3)cc2Cl)CS(=O)(=O)C(C)(C)C(N)=N1. The Kier molecular flexibility index (Phi) is 4.47. The molecule has 0 saturated heterocycles. The molecule has 134 valence electrons. The summed E-state index contributed by atoms with van der Waals surface area (Å²) in [7, 11) is -3.47. The minimum absolute atomic E-state index is 0.107. The average molecular weight is 417 g/mol. The van der Waals surface area contributed by atoms with Crippen molar-refractivity contribution in [1.29, 1.82) is 0 Å². The van der Waals surface area contributed by atoms with Crippen molar-refractivity contribution >= 4 is 50.2 Å². The lowest BCUT2D eigenvalue weighted by molar-refractivity contribution is 0.507. The second kappa shape index (κ2) is 5.98. The van der Waals surface area contributed by atoms with Gasteiger partial charge in [-0.25, -0.2) is 8.42 Å². The molecule has 1 aliphatic rings. The van der Waals surface area contributed by atoms with E-state index in [0.29, 0.717) is 14.9 Å². The van der Waals surface area contributed by atoms with E-state index in [2.05, 4.69) is 4.99 Å². The summed E-state index contributed by atoms with van der Waals surface area (Å²) < 4.78 is 24.3. The van der Waals surface area contributed by atoms with Gasteiger partial charge >= 0.3 is 0 Å². The van der Waals surface area contributed by atoms with E-state index in [4.69, 9.17) is 28.9 Å². The van der Waals surface area contributed by atoms with Gasteiger partial charge in [0.2, 0.25) is 0 Å². The lowest BCUT2D eigenvalue weighted by Gasteiger charge is -2.37. The molecule has 3 rings (SSSR count). The van der Waals surface area contributed by atoms with Crippen LogP contribution in [0.3, 0.4) is 0 Å². The summed E-state index contributed by atoms with van der Waals surface area (Å²) in [5.74, 6) is -0.0295. The monoisotopic (exact) mass is 416 g/mol. The molecule has 1 aromatic heterocycles. The number of benzene rings is 1. The molecule has 0 saturated carbocycles. The molecule has 0 radical (unpaired) electrons. The molecule has 2 aromatic rings. The van der Waals surface area contributed by atoms with Crippen LogP contribution in [0.25, 0.3) is 10.4 Å². The lowest BCUT2D eigenvalue weighted by atomic mass is 10.0. The second-order valence-electron chi connectivity index (χ2n) is 6.84. The Morgan fingerprint density at radius 2 is 1.88 bits per heavy atom. The Balaban J connectivity index is 2.13. The minimum atomic E-state index is -3.47. The summed E-state index contributed by atoms with van der Waals surface area (Å²) in [5.41, 5.74) is 5.92. The highest BCUT2D eigenvalue weighted by Gasteiger charge is 2.49. The highest BCUT2D eigenvalue weighted by molar-refractivity contribution is 7.93. The number of amidine groups is 1. The maximum atomic E-state index is 12.7. The van der Waals surface area contributed by atoms with Crippen molar-refractivity contribution in [2.75, 3.05) is 5.75 Å². The topological polar surface area (TPSA) is 72.5 Å². The molecule has 1 aromatic carbocycles. The highest BCUT2D eigenvalue weighted by Crippen LogP contribution is 2.45. The van der Waals surface area contributed by atoms with E-state index < -0.39 is 20.1 Å². The molecule has 0 spiro atoms. The predicted molar refractivity (Wildman–Crippen MR) is 107 cm³/mol. The Labute approximate surface area is 161 Å². The van der Waals surface area contributed by atoms with Crippen LogP contribution in [0.4, 0.5) is 0 Å². The van der Waals surface area contributed by atoms with Crippen LogP contribution < -0.4 is 5.73 Å². The van der Waals surface area contributed by atoms with E-state index in [0.717, 1.165) is 10.4 Å². The molecule has 8 heteroatoms. The molecular weight excluding hydrogens is 399 g/mol. The van der Waals surface area contributed by atoms with E-state index in [1.807, 2.05) is 24.3 Å². The van der Waals surface area contributed by atoms with Crippen molar-refractivity contribution in [2.45, 2.75) is 31.1 Å². The Morgan fingerprint density at radius 3 is 2.48 bits per heavy atom. The van der Waals surface area contributed by atoms with Crippen molar-refractivity contribution in [3.05, 3.63) is 45.3 Å². The number of nitrogens with two attached hydrogens (primary N) is 1. The van der Waals surface area contributed by atoms with Crippen LogP contribution >= 0.6 is 34.5 Å². The van der Waals surface area contributed by atoms with Crippen molar-refractivity contribution < 1.29 is 8.42 Å². The van der Waals surface area contributed by atoms with Gasteiger partial charge < -0.3 is 5.73 Å². The molecule has 25 heavy (non-hydrogen) atoms. The molecule has 0 fully saturated rings. The number of rotatable bonds is 2. The number of halogens is 2. The first kappa shape index (κ1) is 18.7. The summed E-state index contributed by atoms with van der Waals surface area (Å²) in [4.78, 5) is 6.12. The van der Waals surface area contributed by atoms with Crippen LogP contribution in [0.2, 0.25) is 10.0 Å². The summed E-state index contributed by atoms with van der Waals surface area (Å²) in [6, 6.07) is 9.24. The second-order valence-corrected chi connectivity index (χ2v) is 11.3. The zero-order valence-electron chi connectivity index (χ0n) is 14.0. The molecule has 1 unspecified atom stereocenters. The average Bonchev–Trinajstić information content (AvgIpc) is 2.88. The molecule has 2 heterocycles. The standard InChI is InChI=1S/C17H18Cl2N2O2S2/c1-16(2)15(20)21-17(3,9-25(16,22)23)14-12(19)8-13(24-14)10-5-4-6-11(18)7-10/h4-8H,9H2,1-3H3,(H2,20,21). The predicted octanol–water partition coefficient (Wildman–Crippen LogP) is 4.50. The molecule has 0 bridgehead atoms. The van der Waals surface area contributed by atoms with E-state index in [1.54, 1.807) is 26.8 Å². The van der Waals surface area contributed by atoms with Gasteiger partial charge in [-0.15, -0.1) is 11.3 Å². The quantitative estimate of drug-likeness (QED) is 0.782. The summed E-state index contributed by atoms with van der Waals surface area (Å²) in [5, 5.41) is 1.10. The zero-order valence-corrected chi connectivity index (χ0v) is 17.2. The fourth-order valence-corrected chi connectivity index (χ4v) is 6.36. The van der Waals surface area contributed by atoms with Gasteiger partial charge in [0.25, 0.3) is 0 Å². The number of hydrogen-bond acceptors (Lipinski definition) is 5. The van der Waals surface area contributed by atoms with Crippen LogP contribution in [0.5, 0.6) is 0 Å². The molecule has 4 nitrogen and oxygen atoms in total. The molecule has 0 aliphatic carbocycles. The van der Waals surface area contributed by atoms with Gasteiger partial charge in [0.15, 0.2) is 9.84 Å². The van der Waals surface area contributed by atoms with Gasteiger partial charge in [-0.3, -0.25) is 4.99 Å². The van der Waals surface area contributed by atoms with Crippen molar-refractivity contribution in [1.82, 2.24) is 0 Å². The number of hydrogen-bond donors (Lipinski definition) is 1. The summed E-state index contributed by atoms with van der Waals surface area (Å²) >= 11 is 13.9. The molecule has 2 N–H and O–H groups in total. The third-order valence-electron chi connectivity index (χ3n) is 4.52. The van der Waals surface area contributed by atoms with Gasteiger partial charge in [0.1, 0.15) is 16.1 Å². The molecule has 1 aliphatic heterocycles. The molecular formula is C17H18Cl2N2O2S2. The van der Waals surface area contributed by atoms with Crippen LogP contribution in [-0.4, -0.2) is 24.8 Å². The fraction of sp³-hybridized carbons (Fsp3) is 0.353. The largest absolute Gasteiger partial charge is 0.386 e. The van der Waals surface area contributed by atoms with Crippen molar-refractivity contribution in [2.24, 2.45) is 10.7 Å². The third kappa shape index (κ3) is 3.10. The van der Waals surface area contributed by atoms with Crippen LogP contribution in [0, 0.1) is 0 Å². The van der Waals surface area contributed by atoms with Crippen LogP contribution in [-0.2, 0) is 15.4 Å². The molecule has 1 atom stereocenters. The Bertz CT molecular complexity index is 980. The number of aliphatic imine (C=N–C) groups is 1. The van der Waals surface area contributed by atoms with E-state index in [9.17, 15) is 8.42 Å².